The molecule has 3 rings (SSSR count). The van der Waals surface area contributed by atoms with Crippen molar-refractivity contribution in [2.45, 2.75) is 40.3 Å². The highest BCUT2D eigenvalue weighted by Crippen LogP contribution is 2.19. The molecule has 1 aromatic carbocycles. The smallest absolute Gasteiger partial charge is 0.216 e. The number of hydrogen-bond donors (Lipinski definition) is 1. The number of H-pyrrole nitrogens is 1. The van der Waals surface area contributed by atoms with E-state index in [-0.39, 0.29) is 6.61 Å². The third-order valence-corrected chi connectivity index (χ3v) is 4.77. The molecule has 2 heterocycles. The van der Waals surface area contributed by atoms with Gasteiger partial charge in [0.15, 0.2) is 5.82 Å². The first kappa shape index (κ1) is 19.4. The normalized spacial score (nSPS) is 11.6. The lowest BCUT2D eigenvalue weighted by atomic mass is 10.2. The van der Waals surface area contributed by atoms with Gasteiger partial charge in [0, 0.05) is 28.0 Å². The molecular weight excluding hydrogens is 382 g/mol. The van der Waals surface area contributed by atoms with Gasteiger partial charge >= 0.3 is 0 Å². The van der Waals surface area contributed by atoms with E-state index in [2.05, 4.69) is 53.6 Å². The topological polar surface area (TPSA) is 60.1 Å². The van der Waals surface area contributed by atoms with E-state index in [0.717, 1.165) is 5.56 Å². The van der Waals surface area contributed by atoms with Gasteiger partial charge in [-0.15, -0.1) is 0 Å². The summed E-state index contributed by atoms with van der Waals surface area (Å²) < 4.78 is 10.0. The Morgan fingerprint density at radius 2 is 2.00 bits per heavy atom. The summed E-state index contributed by atoms with van der Waals surface area (Å²) in [6, 6.07) is 9.67. The number of hydrogen-bond acceptors (Lipinski definition) is 4. The molecule has 0 amide bonds. The summed E-state index contributed by atoms with van der Waals surface area (Å²) >= 11 is 11.2. The van der Waals surface area contributed by atoms with Crippen molar-refractivity contribution in [2.75, 3.05) is 0 Å². The highest BCUT2D eigenvalue weighted by Gasteiger charge is 2.11. The number of aromatic nitrogens is 4. The number of aryl methyl sites for hydroxylation is 1. The molecule has 0 radical (unpaired) electrons. The molecule has 0 spiro atoms. The summed E-state index contributed by atoms with van der Waals surface area (Å²) in [5.41, 5.74) is 3.42. The van der Waals surface area contributed by atoms with Gasteiger partial charge in [0.25, 0.3) is 0 Å². The van der Waals surface area contributed by atoms with Crippen LogP contribution in [-0.2, 0) is 6.61 Å². The van der Waals surface area contributed by atoms with Crippen molar-refractivity contribution >= 4 is 30.0 Å². The maximum atomic E-state index is 5.89. The predicted octanol–water partition coefficient (Wildman–Crippen LogP) is 5.05. The summed E-state index contributed by atoms with van der Waals surface area (Å²) in [4.78, 5) is 0. The zero-order valence-corrected chi connectivity index (χ0v) is 17.3. The van der Waals surface area contributed by atoms with Gasteiger partial charge < -0.3 is 9.30 Å². The fraction of sp³-hybridized carbons (Fsp3) is 0.316. The lowest BCUT2D eigenvalue weighted by Crippen LogP contribution is -2.06. The van der Waals surface area contributed by atoms with E-state index in [1.807, 2.05) is 0 Å². The lowest BCUT2D eigenvalue weighted by molar-refractivity contribution is 0.290. The second-order valence-electron chi connectivity index (χ2n) is 6.53. The lowest BCUT2D eigenvalue weighted by Gasteiger charge is -2.13. The van der Waals surface area contributed by atoms with Crippen LogP contribution in [0.15, 0.2) is 35.4 Å². The van der Waals surface area contributed by atoms with Crippen LogP contribution < -0.4 is 4.74 Å². The molecule has 6 nitrogen and oxygen atoms in total. The first-order chi connectivity index (χ1) is 12.9. The Labute approximate surface area is 168 Å². The van der Waals surface area contributed by atoms with Crippen LogP contribution in [0.4, 0.5) is 0 Å². The van der Waals surface area contributed by atoms with Gasteiger partial charge in [-0.25, -0.2) is 5.10 Å². The van der Waals surface area contributed by atoms with Gasteiger partial charge in [0.1, 0.15) is 12.4 Å². The van der Waals surface area contributed by atoms with Crippen LogP contribution in [0.2, 0.25) is 5.02 Å². The molecule has 142 valence electrons. The molecule has 0 saturated carbocycles. The third kappa shape index (κ3) is 4.31. The molecular formula is C19H22ClN5OS. The van der Waals surface area contributed by atoms with Gasteiger partial charge in [0.2, 0.25) is 4.77 Å². The van der Waals surface area contributed by atoms with Crippen LogP contribution in [0.1, 0.15) is 42.7 Å². The SMILES string of the molecule is Cc1cc(/C=N\n2c(COc3ccc(Cl)cc3)n[nH]c2=S)c(C)n1C(C)C. The minimum absolute atomic E-state index is 0.233. The summed E-state index contributed by atoms with van der Waals surface area (Å²) in [7, 11) is 0. The van der Waals surface area contributed by atoms with Crippen molar-refractivity contribution < 1.29 is 4.74 Å². The van der Waals surface area contributed by atoms with Crippen molar-refractivity contribution in [1.29, 1.82) is 0 Å². The van der Waals surface area contributed by atoms with Gasteiger partial charge in [-0.3, -0.25) is 0 Å². The fourth-order valence-corrected chi connectivity index (χ4v) is 3.39. The van der Waals surface area contributed by atoms with E-state index in [4.69, 9.17) is 28.6 Å². The largest absolute Gasteiger partial charge is 0.486 e. The van der Waals surface area contributed by atoms with Crippen molar-refractivity contribution in [2.24, 2.45) is 5.10 Å². The van der Waals surface area contributed by atoms with Crippen molar-refractivity contribution in [1.82, 2.24) is 19.4 Å². The Morgan fingerprint density at radius 1 is 1.30 bits per heavy atom. The number of ether oxygens (including phenoxy) is 1. The quantitative estimate of drug-likeness (QED) is 0.462. The minimum atomic E-state index is 0.233. The predicted molar refractivity (Wildman–Crippen MR) is 110 cm³/mol. The highest BCUT2D eigenvalue weighted by atomic mass is 35.5. The maximum Gasteiger partial charge on any atom is 0.216 e. The summed E-state index contributed by atoms with van der Waals surface area (Å²) in [6.45, 7) is 8.75. The van der Waals surface area contributed by atoms with Crippen molar-refractivity contribution in [3.63, 3.8) is 0 Å². The first-order valence-corrected chi connectivity index (χ1v) is 9.43. The molecule has 0 saturated heterocycles. The highest BCUT2D eigenvalue weighted by molar-refractivity contribution is 7.71. The molecule has 3 aromatic rings. The van der Waals surface area contributed by atoms with E-state index in [0.29, 0.717) is 27.4 Å². The Bertz CT molecular complexity index is 1010. The van der Waals surface area contributed by atoms with E-state index >= 15 is 0 Å². The van der Waals surface area contributed by atoms with Crippen LogP contribution in [0.5, 0.6) is 5.75 Å². The maximum absolute atomic E-state index is 5.89. The number of rotatable bonds is 6. The van der Waals surface area contributed by atoms with Crippen LogP contribution in [-0.4, -0.2) is 25.7 Å². The van der Waals surface area contributed by atoms with Gasteiger partial charge in [0.05, 0.1) is 6.21 Å². The van der Waals surface area contributed by atoms with Gasteiger partial charge in [-0.1, -0.05) is 11.6 Å². The number of benzene rings is 1. The molecule has 1 N–H and O–H groups in total. The first-order valence-electron chi connectivity index (χ1n) is 8.64. The van der Waals surface area contributed by atoms with Crippen LogP contribution in [0, 0.1) is 18.6 Å². The minimum Gasteiger partial charge on any atom is -0.486 e. The van der Waals surface area contributed by atoms with E-state index < -0.39 is 0 Å². The molecule has 27 heavy (non-hydrogen) atoms. The molecule has 0 aliphatic heterocycles. The number of halogens is 1. The van der Waals surface area contributed by atoms with Crippen LogP contribution >= 0.6 is 23.8 Å². The zero-order chi connectivity index (χ0) is 19.6. The average Bonchev–Trinajstić information content (AvgIpc) is 3.11. The standard InChI is InChI=1S/C19H22ClN5OS/c1-12(2)24-13(3)9-15(14(24)4)10-21-25-18(22-23-19(25)27)11-26-17-7-5-16(20)6-8-17/h5-10,12H,11H2,1-4H3,(H,23,27)/b21-10-. The van der Waals surface area contributed by atoms with Crippen LogP contribution in [0.3, 0.4) is 0 Å². The fourth-order valence-electron chi connectivity index (χ4n) is 3.06. The number of nitrogens with one attached hydrogen (secondary N) is 1. The van der Waals surface area contributed by atoms with Crippen molar-refractivity contribution in [3.8, 4) is 5.75 Å². The Morgan fingerprint density at radius 3 is 2.63 bits per heavy atom. The van der Waals surface area contributed by atoms with E-state index in [1.54, 1.807) is 35.2 Å². The Kier molecular flexibility index (Phi) is 5.82. The second-order valence-corrected chi connectivity index (χ2v) is 7.36. The number of nitrogens with zero attached hydrogens (tertiary/aromatic N) is 4. The summed E-state index contributed by atoms with van der Waals surface area (Å²) in [5, 5.41) is 12.2. The molecule has 0 atom stereocenters. The van der Waals surface area contributed by atoms with E-state index in [9.17, 15) is 0 Å². The summed E-state index contributed by atoms with van der Waals surface area (Å²) in [5.74, 6) is 1.29. The summed E-state index contributed by atoms with van der Waals surface area (Å²) in [6.07, 6.45) is 1.80. The molecule has 0 fully saturated rings. The van der Waals surface area contributed by atoms with Gasteiger partial charge in [-0.05, 0) is 70.2 Å². The molecule has 2 aromatic heterocycles. The molecule has 0 unspecified atom stereocenters. The molecule has 0 aliphatic carbocycles. The molecule has 0 aliphatic rings. The average molecular weight is 404 g/mol. The van der Waals surface area contributed by atoms with E-state index in [1.165, 1.54) is 11.4 Å². The molecule has 8 heteroatoms. The van der Waals surface area contributed by atoms with Gasteiger partial charge in [-0.2, -0.15) is 14.9 Å². The van der Waals surface area contributed by atoms with Crippen molar-refractivity contribution in [3.05, 3.63) is 62.9 Å². The Hall–Kier alpha value is -2.38. The zero-order valence-electron chi connectivity index (χ0n) is 15.7. The second kappa shape index (κ2) is 8.10. The van der Waals surface area contributed by atoms with Crippen LogP contribution in [0.25, 0.3) is 0 Å². The monoisotopic (exact) mass is 403 g/mol. The molecule has 0 bridgehead atoms. The third-order valence-electron chi connectivity index (χ3n) is 4.25. The number of aromatic amines is 1. The Balaban J connectivity index is 1.81.